The molecule has 2 rings (SSSR count). The molecule has 1 fully saturated rings. The molecular weight excluding hydrogens is 413 g/mol. The number of hydrogen-bond acceptors (Lipinski definition) is 4. The summed E-state index contributed by atoms with van der Waals surface area (Å²) in [4.78, 5) is 4.50. The molecule has 1 aromatic heterocycles. The van der Waals surface area contributed by atoms with Gasteiger partial charge < -0.3 is 0 Å². The molecule has 22 heavy (non-hydrogen) atoms. The van der Waals surface area contributed by atoms with Crippen LogP contribution in [0.2, 0.25) is 0 Å². The van der Waals surface area contributed by atoms with Gasteiger partial charge in [0.15, 0.2) is 0 Å². The predicted molar refractivity (Wildman–Crippen MR) is 94.1 cm³/mol. The summed E-state index contributed by atoms with van der Waals surface area (Å²) in [5.41, 5.74) is 0.929. The van der Waals surface area contributed by atoms with Crippen molar-refractivity contribution in [2.24, 2.45) is 0 Å². The number of pyridine rings is 1. The average molecular weight is 433 g/mol. The summed E-state index contributed by atoms with van der Waals surface area (Å²) >= 11 is 2.14. The first-order valence-electron chi connectivity index (χ1n) is 7.33. The Kier molecular flexibility index (Phi) is 5.45. The van der Waals surface area contributed by atoms with Gasteiger partial charge >= 0.3 is 0 Å². The van der Waals surface area contributed by atoms with Crippen LogP contribution in [-0.4, -0.2) is 34.1 Å². The molecule has 0 aliphatic carbocycles. The van der Waals surface area contributed by atoms with Gasteiger partial charge in [-0.2, -0.15) is 9.57 Å². The van der Waals surface area contributed by atoms with Crippen molar-refractivity contribution in [2.45, 2.75) is 42.6 Å². The fourth-order valence-electron chi connectivity index (χ4n) is 2.82. The number of rotatable bonds is 4. The number of hydrogen-bond donors (Lipinski definition) is 0. The van der Waals surface area contributed by atoms with Crippen molar-refractivity contribution in [3.63, 3.8) is 0 Å². The predicted octanol–water partition coefficient (Wildman–Crippen LogP) is 2.75. The third-order valence-electron chi connectivity index (χ3n) is 4.00. The van der Waals surface area contributed by atoms with Gasteiger partial charge in [0, 0.05) is 12.2 Å². The van der Waals surface area contributed by atoms with Crippen LogP contribution in [-0.2, 0) is 15.4 Å². The Morgan fingerprint density at radius 1 is 1.55 bits per heavy atom. The highest BCUT2D eigenvalue weighted by molar-refractivity contribution is 14.1. The van der Waals surface area contributed by atoms with Gasteiger partial charge in [-0.3, -0.25) is 4.98 Å². The summed E-state index contributed by atoms with van der Waals surface area (Å²) in [6.07, 6.45) is 1.57. The molecule has 2 unspecified atom stereocenters. The highest BCUT2D eigenvalue weighted by atomic mass is 127. The number of alkyl halides is 1. The standard InChI is InChI=1S/C15H20IN3O2S/c1-3-9-22(20,21)19-8-7-15(11-17,10-14(19)16)13-6-4-5-12(2)18-13/h4-6,14H,3,7-10H2,1-2H3. The minimum Gasteiger partial charge on any atom is -0.256 e. The molecule has 2 atom stereocenters. The highest BCUT2D eigenvalue weighted by Crippen LogP contribution is 2.40. The van der Waals surface area contributed by atoms with E-state index >= 15 is 0 Å². The van der Waals surface area contributed by atoms with E-state index in [1.807, 2.05) is 32.0 Å². The van der Waals surface area contributed by atoms with E-state index in [0.29, 0.717) is 25.8 Å². The fourth-order valence-corrected chi connectivity index (χ4v) is 6.43. The first kappa shape index (κ1) is 17.6. The summed E-state index contributed by atoms with van der Waals surface area (Å²) in [6.45, 7) is 4.13. The molecule has 0 N–H and O–H groups in total. The Bertz CT molecular complexity index is 686. The molecule has 0 spiro atoms. The van der Waals surface area contributed by atoms with Crippen LogP contribution in [0.15, 0.2) is 18.2 Å². The van der Waals surface area contributed by atoms with E-state index in [1.165, 1.54) is 0 Å². The SMILES string of the molecule is CCCS(=O)(=O)N1CCC(C#N)(c2cccc(C)n2)CC1I. The fraction of sp³-hybridized carbons (Fsp3) is 0.600. The first-order chi connectivity index (χ1) is 10.3. The molecule has 0 amide bonds. The van der Waals surface area contributed by atoms with Crippen LogP contribution in [0.4, 0.5) is 0 Å². The van der Waals surface area contributed by atoms with Gasteiger partial charge in [-0.1, -0.05) is 35.6 Å². The van der Waals surface area contributed by atoms with Crippen molar-refractivity contribution >= 4 is 32.6 Å². The summed E-state index contributed by atoms with van der Waals surface area (Å²) < 4.78 is 25.9. The summed E-state index contributed by atoms with van der Waals surface area (Å²) in [5.74, 6) is 0.161. The van der Waals surface area contributed by atoms with Crippen molar-refractivity contribution < 1.29 is 8.42 Å². The Morgan fingerprint density at radius 2 is 2.27 bits per heavy atom. The summed E-state index contributed by atoms with van der Waals surface area (Å²) in [6, 6.07) is 8.08. The van der Waals surface area contributed by atoms with Gasteiger partial charge in [0.2, 0.25) is 10.0 Å². The quantitative estimate of drug-likeness (QED) is 0.416. The smallest absolute Gasteiger partial charge is 0.215 e. The van der Waals surface area contributed by atoms with Crippen LogP contribution >= 0.6 is 22.6 Å². The topological polar surface area (TPSA) is 74.1 Å². The van der Waals surface area contributed by atoms with E-state index in [1.54, 1.807) is 4.31 Å². The lowest BCUT2D eigenvalue weighted by atomic mass is 9.77. The van der Waals surface area contributed by atoms with Gasteiger partial charge in [0.1, 0.15) is 5.41 Å². The normalized spacial score (nSPS) is 26.5. The average Bonchev–Trinajstić information content (AvgIpc) is 2.46. The van der Waals surface area contributed by atoms with Gasteiger partial charge in [-0.05, 0) is 38.3 Å². The minimum atomic E-state index is -3.24. The second-order valence-corrected chi connectivity index (χ2v) is 9.15. The Labute approximate surface area is 145 Å². The van der Waals surface area contributed by atoms with Gasteiger partial charge in [0.25, 0.3) is 0 Å². The van der Waals surface area contributed by atoms with Crippen LogP contribution in [0.25, 0.3) is 0 Å². The highest BCUT2D eigenvalue weighted by Gasteiger charge is 2.44. The zero-order chi connectivity index (χ0) is 16.4. The zero-order valence-electron chi connectivity index (χ0n) is 12.8. The molecule has 1 aromatic rings. The lowest BCUT2D eigenvalue weighted by Gasteiger charge is -2.39. The number of aryl methyl sites for hydroxylation is 1. The maximum absolute atomic E-state index is 12.3. The largest absolute Gasteiger partial charge is 0.256 e. The van der Waals surface area contributed by atoms with Crippen LogP contribution < -0.4 is 0 Å². The molecule has 7 heteroatoms. The molecule has 0 saturated carbocycles. The van der Waals surface area contributed by atoms with E-state index in [9.17, 15) is 13.7 Å². The molecule has 1 aliphatic rings. The maximum Gasteiger partial charge on any atom is 0.215 e. The molecule has 0 bridgehead atoms. The minimum absolute atomic E-state index is 0.161. The molecule has 1 saturated heterocycles. The molecule has 120 valence electrons. The third kappa shape index (κ3) is 3.44. The maximum atomic E-state index is 12.3. The van der Waals surface area contributed by atoms with E-state index in [2.05, 4.69) is 33.6 Å². The Morgan fingerprint density at radius 3 is 2.82 bits per heavy atom. The molecule has 0 radical (unpaired) electrons. The second-order valence-electron chi connectivity index (χ2n) is 5.67. The number of halogens is 1. The zero-order valence-corrected chi connectivity index (χ0v) is 15.8. The van der Waals surface area contributed by atoms with E-state index < -0.39 is 15.4 Å². The monoisotopic (exact) mass is 433 g/mol. The molecule has 5 nitrogen and oxygen atoms in total. The van der Waals surface area contributed by atoms with Crippen LogP contribution in [0, 0.1) is 18.3 Å². The Balaban J connectivity index is 2.29. The van der Waals surface area contributed by atoms with E-state index in [0.717, 1.165) is 11.4 Å². The molecule has 0 aromatic carbocycles. The van der Waals surface area contributed by atoms with Gasteiger partial charge in [-0.25, -0.2) is 8.42 Å². The van der Waals surface area contributed by atoms with Crippen molar-refractivity contribution in [1.29, 1.82) is 5.26 Å². The van der Waals surface area contributed by atoms with Gasteiger partial charge in [0.05, 0.1) is 21.6 Å². The number of nitrogens with zero attached hydrogens (tertiary/aromatic N) is 3. The first-order valence-corrected chi connectivity index (χ1v) is 10.2. The number of piperidine rings is 1. The number of nitriles is 1. The molecule has 1 aliphatic heterocycles. The lowest BCUT2D eigenvalue weighted by molar-refractivity contribution is 0.262. The van der Waals surface area contributed by atoms with Crippen molar-refractivity contribution in [2.75, 3.05) is 12.3 Å². The summed E-state index contributed by atoms with van der Waals surface area (Å²) in [7, 11) is -3.24. The van der Waals surface area contributed by atoms with Gasteiger partial charge in [-0.15, -0.1) is 0 Å². The molecule has 2 heterocycles. The van der Waals surface area contributed by atoms with Crippen LogP contribution in [0.1, 0.15) is 37.6 Å². The van der Waals surface area contributed by atoms with Crippen LogP contribution in [0.3, 0.4) is 0 Å². The summed E-state index contributed by atoms with van der Waals surface area (Å²) in [5, 5.41) is 9.73. The van der Waals surface area contributed by atoms with Crippen molar-refractivity contribution in [1.82, 2.24) is 9.29 Å². The third-order valence-corrected chi connectivity index (χ3v) is 7.57. The van der Waals surface area contributed by atoms with Crippen molar-refractivity contribution in [3.05, 3.63) is 29.6 Å². The van der Waals surface area contributed by atoms with Crippen molar-refractivity contribution in [3.8, 4) is 6.07 Å². The van der Waals surface area contributed by atoms with E-state index in [4.69, 9.17) is 0 Å². The number of sulfonamides is 1. The Hall–Kier alpha value is -0.720. The van der Waals surface area contributed by atoms with Crippen LogP contribution in [0.5, 0.6) is 0 Å². The lowest BCUT2D eigenvalue weighted by Crippen LogP contribution is -2.49. The molecular formula is C15H20IN3O2S. The number of aromatic nitrogens is 1. The second kappa shape index (κ2) is 6.81. The van der Waals surface area contributed by atoms with E-state index in [-0.39, 0.29) is 9.80 Å².